The van der Waals surface area contributed by atoms with E-state index in [-0.39, 0.29) is 24.4 Å². The Morgan fingerprint density at radius 1 is 1.13 bits per heavy atom. The molecule has 0 bridgehead atoms. The van der Waals surface area contributed by atoms with Crippen molar-refractivity contribution in [1.82, 2.24) is 9.88 Å². The summed E-state index contributed by atoms with van der Waals surface area (Å²) < 4.78 is 16.1. The molecule has 3 rings (SSSR count). The van der Waals surface area contributed by atoms with E-state index in [4.69, 9.17) is 14.2 Å². The molecule has 0 aliphatic carbocycles. The molecule has 0 spiro atoms. The smallest absolute Gasteiger partial charge is 0.309 e. The van der Waals surface area contributed by atoms with Gasteiger partial charge in [-0.1, -0.05) is 20.8 Å². The first kappa shape index (κ1) is 23.1. The van der Waals surface area contributed by atoms with Gasteiger partial charge in [0.1, 0.15) is 11.6 Å². The summed E-state index contributed by atoms with van der Waals surface area (Å²) in [5, 5.41) is 2.71. The molecule has 2 aromatic rings. The van der Waals surface area contributed by atoms with E-state index in [2.05, 4.69) is 4.98 Å². The number of hydrogen-bond donors (Lipinski definition) is 0. The molecule has 0 radical (unpaired) electrons. The number of hydrogen-bond acceptors (Lipinski definition) is 7. The number of likely N-dealkylation sites (tertiary alicyclic amines) is 1. The maximum atomic E-state index is 12.5. The van der Waals surface area contributed by atoms with Crippen molar-refractivity contribution in [3.8, 4) is 22.1 Å². The van der Waals surface area contributed by atoms with Gasteiger partial charge in [-0.05, 0) is 31.0 Å². The third kappa shape index (κ3) is 5.55. The number of benzene rings is 1. The molecule has 1 fully saturated rings. The Morgan fingerprint density at radius 2 is 1.81 bits per heavy atom. The Hall–Kier alpha value is -2.61. The van der Waals surface area contributed by atoms with Crippen molar-refractivity contribution in [3.05, 3.63) is 29.3 Å². The SMILES string of the molecule is COc1ccc(-c2nc(COC(=O)C3CCN(C(=O)C(C)(C)C)CC3)cs2)cc1OC. The molecule has 1 saturated heterocycles. The first-order valence-electron chi connectivity index (χ1n) is 10.4. The van der Waals surface area contributed by atoms with Gasteiger partial charge in [-0.15, -0.1) is 11.3 Å². The molecule has 1 amide bonds. The molecular weight excluding hydrogens is 416 g/mol. The molecule has 8 heteroatoms. The molecule has 0 saturated carbocycles. The fourth-order valence-corrected chi connectivity index (χ4v) is 4.33. The highest BCUT2D eigenvalue weighted by molar-refractivity contribution is 7.13. The number of carbonyl (C=O) groups is 2. The standard InChI is InChI=1S/C23H30N2O5S/c1-23(2,3)22(27)25-10-8-15(9-11-25)21(26)30-13-17-14-31-20(24-17)16-6-7-18(28-4)19(12-16)29-5/h6-7,12,14-15H,8-11,13H2,1-5H3. The number of ether oxygens (including phenoxy) is 3. The van der Waals surface area contributed by atoms with Gasteiger partial charge in [0.05, 0.1) is 25.8 Å². The summed E-state index contributed by atoms with van der Waals surface area (Å²) in [7, 11) is 3.19. The van der Waals surface area contributed by atoms with E-state index < -0.39 is 5.41 Å². The lowest BCUT2D eigenvalue weighted by Gasteiger charge is -2.34. The van der Waals surface area contributed by atoms with Crippen LogP contribution in [0.15, 0.2) is 23.6 Å². The molecule has 2 heterocycles. The second-order valence-electron chi connectivity index (χ2n) is 8.64. The quantitative estimate of drug-likeness (QED) is 0.620. The number of amides is 1. The number of thiazole rings is 1. The molecule has 7 nitrogen and oxygen atoms in total. The van der Waals surface area contributed by atoms with Gasteiger partial charge in [-0.3, -0.25) is 9.59 Å². The lowest BCUT2D eigenvalue weighted by molar-refractivity contribution is -0.154. The number of carbonyl (C=O) groups excluding carboxylic acids is 2. The average molecular weight is 447 g/mol. The zero-order valence-electron chi connectivity index (χ0n) is 18.8. The Morgan fingerprint density at radius 3 is 2.42 bits per heavy atom. The highest BCUT2D eigenvalue weighted by atomic mass is 32.1. The summed E-state index contributed by atoms with van der Waals surface area (Å²) in [4.78, 5) is 31.3. The number of nitrogens with zero attached hydrogens (tertiary/aromatic N) is 2. The molecular formula is C23H30N2O5S. The van der Waals surface area contributed by atoms with Crippen LogP contribution in [0.3, 0.4) is 0 Å². The monoisotopic (exact) mass is 446 g/mol. The van der Waals surface area contributed by atoms with Gasteiger partial charge in [0.2, 0.25) is 5.91 Å². The van der Waals surface area contributed by atoms with E-state index in [9.17, 15) is 9.59 Å². The average Bonchev–Trinajstić information content (AvgIpc) is 3.25. The minimum absolute atomic E-state index is 0.129. The van der Waals surface area contributed by atoms with Crippen molar-refractivity contribution in [2.45, 2.75) is 40.2 Å². The fourth-order valence-electron chi connectivity index (χ4n) is 3.53. The molecule has 1 aromatic heterocycles. The van der Waals surface area contributed by atoms with Crippen LogP contribution < -0.4 is 9.47 Å². The van der Waals surface area contributed by atoms with Gasteiger partial charge < -0.3 is 19.1 Å². The normalized spacial score (nSPS) is 14.9. The molecule has 168 valence electrons. The number of esters is 1. The predicted octanol–water partition coefficient (Wildman–Crippen LogP) is 4.16. The minimum atomic E-state index is -0.399. The molecule has 1 aliphatic heterocycles. The highest BCUT2D eigenvalue weighted by Crippen LogP contribution is 2.33. The van der Waals surface area contributed by atoms with Crippen LogP contribution in [-0.4, -0.2) is 49.1 Å². The van der Waals surface area contributed by atoms with Crippen molar-refractivity contribution in [3.63, 3.8) is 0 Å². The van der Waals surface area contributed by atoms with Crippen LogP contribution in [-0.2, 0) is 20.9 Å². The zero-order valence-corrected chi connectivity index (χ0v) is 19.6. The molecule has 0 N–H and O–H groups in total. The van der Waals surface area contributed by atoms with Crippen molar-refractivity contribution < 1.29 is 23.8 Å². The predicted molar refractivity (Wildman–Crippen MR) is 119 cm³/mol. The summed E-state index contributed by atoms with van der Waals surface area (Å²) in [6, 6.07) is 5.63. The van der Waals surface area contributed by atoms with E-state index in [0.717, 1.165) is 10.6 Å². The Kier molecular flexibility index (Phi) is 7.20. The summed E-state index contributed by atoms with van der Waals surface area (Å²) >= 11 is 1.49. The van der Waals surface area contributed by atoms with Crippen LogP contribution in [0.1, 0.15) is 39.3 Å². The maximum absolute atomic E-state index is 12.5. The Labute approximate surface area is 187 Å². The first-order chi connectivity index (χ1) is 14.7. The largest absolute Gasteiger partial charge is 0.493 e. The molecule has 0 atom stereocenters. The third-order valence-electron chi connectivity index (χ3n) is 5.30. The molecule has 1 aliphatic rings. The van der Waals surface area contributed by atoms with E-state index in [1.54, 1.807) is 14.2 Å². The van der Waals surface area contributed by atoms with Gasteiger partial charge in [0.15, 0.2) is 11.5 Å². The topological polar surface area (TPSA) is 78.0 Å². The van der Waals surface area contributed by atoms with Gasteiger partial charge in [0.25, 0.3) is 0 Å². The third-order valence-corrected chi connectivity index (χ3v) is 6.24. The van der Waals surface area contributed by atoms with E-state index in [1.807, 2.05) is 49.3 Å². The van der Waals surface area contributed by atoms with Crippen LogP contribution in [0.25, 0.3) is 10.6 Å². The summed E-state index contributed by atoms with van der Waals surface area (Å²) in [5.41, 5.74) is 1.23. The summed E-state index contributed by atoms with van der Waals surface area (Å²) in [6.45, 7) is 7.08. The van der Waals surface area contributed by atoms with Crippen LogP contribution in [0.5, 0.6) is 11.5 Å². The van der Waals surface area contributed by atoms with Gasteiger partial charge in [0, 0.05) is 29.4 Å². The number of piperidine rings is 1. The van der Waals surface area contributed by atoms with Crippen molar-refractivity contribution in [2.24, 2.45) is 11.3 Å². The van der Waals surface area contributed by atoms with Crippen molar-refractivity contribution in [2.75, 3.05) is 27.3 Å². The van der Waals surface area contributed by atoms with Crippen molar-refractivity contribution in [1.29, 1.82) is 0 Å². The van der Waals surface area contributed by atoms with E-state index in [0.29, 0.717) is 43.1 Å². The number of aromatic nitrogens is 1. The van der Waals surface area contributed by atoms with Gasteiger partial charge >= 0.3 is 5.97 Å². The van der Waals surface area contributed by atoms with Gasteiger partial charge in [-0.2, -0.15) is 0 Å². The van der Waals surface area contributed by atoms with E-state index in [1.165, 1.54) is 11.3 Å². The second kappa shape index (κ2) is 9.68. The zero-order chi connectivity index (χ0) is 22.6. The molecule has 0 unspecified atom stereocenters. The van der Waals surface area contributed by atoms with Crippen molar-refractivity contribution >= 4 is 23.2 Å². The van der Waals surface area contributed by atoms with Gasteiger partial charge in [-0.25, -0.2) is 4.98 Å². The fraction of sp³-hybridized carbons (Fsp3) is 0.522. The minimum Gasteiger partial charge on any atom is -0.493 e. The molecule has 31 heavy (non-hydrogen) atoms. The van der Waals surface area contributed by atoms with Crippen LogP contribution in [0.2, 0.25) is 0 Å². The lowest BCUT2D eigenvalue weighted by atomic mass is 9.91. The Bertz CT molecular complexity index is 926. The second-order valence-corrected chi connectivity index (χ2v) is 9.50. The van der Waals surface area contributed by atoms with Crippen LogP contribution in [0.4, 0.5) is 0 Å². The first-order valence-corrected chi connectivity index (χ1v) is 11.2. The lowest BCUT2D eigenvalue weighted by Crippen LogP contribution is -2.45. The number of rotatable bonds is 6. The van der Waals surface area contributed by atoms with E-state index >= 15 is 0 Å². The van der Waals surface area contributed by atoms with Crippen LogP contribution >= 0.6 is 11.3 Å². The number of methoxy groups -OCH3 is 2. The Balaban J connectivity index is 1.53. The highest BCUT2D eigenvalue weighted by Gasteiger charge is 2.33. The summed E-state index contributed by atoms with van der Waals surface area (Å²) in [6.07, 6.45) is 1.27. The molecule has 1 aromatic carbocycles. The summed E-state index contributed by atoms with van der Waals surface area (Å²) in [5.74, 6) is 1.03. The maximum Gasteiger partial charge on any atom is 0.309 e. The van der Waals surface area contributed by atoms with Crippen LogP contribution in [0, 0.1) is 11.3 Å².